The summed E-state index contributed by atoms with van der Waals surface area (Å²) in [5.41, 5.74) is 6.25. The van der Waals surface area contributed by atoms with Gasteiger partial charge >= 0.3 is 0 Å². The summed E-state index contributed by atoms with van der Waals surface area (Å²) in [5.74, 6) is 1.50. The van der Waals surface area contributed by atoms with E-state index in [1.54, 1.807) is 0 Å². The van der Waals surface area contributed by atoms with Gasteiger partial charge in [0.25, 0.3) is 0 Å². The minimum Gasteiger partial charge on any atom is -0.385 e. The van der Waals surface area contributed by atoms with Gasteiger partial charge in [-0.05, 0) is 154 Å². The lowest BCUT2D eigenvalue weighted by atomic mass is 9.64. The highest BCUT2D eigenvalue weighted by molar-refractivity contribution is 14.1. The van der Waals surface area contributed by atoms with Crippen LogP contribution in [0.15, 0.2) is 109 Å². The number of ether oxygens (including phenoxy) is 1. The zero-order valence-electron chi connectivity index (χ0n) is 36.5. The Hall–Kier alpha value is -2.33. The van der Waals surface area contributed by atoms with E-state index in [1.807, 2.05) is 4.93 Å². The normalized spacial score (nSPS) is 21.9. The van der Waals surface area contributed by atoms with E-state index < -0.39 is 0 Å². The Morgan fingerprint density at radius 2 is 1.08 bits per heavy atom. The highest BCUT2D eigenvalue weighted by Crippen LogP contribution is 2.46. The molecule has 5 nitrogen and oxygen atoms in total. The molecule has 0 aromatic heterocycles. The Labute approximate surface area is 387 Å². The van der Waals surface area contributed by atoms with Gasteiger partial charge in [0.1, 0.15) is 0 Å². The van der Waals surface area contributed by atoms with E-state index in [0.717, 1.165) is 48.2 Å². The van der Waals surface area contributed by atoms with E-state index in [9.17, 15) is 0 Å². The molecule has 5 aliphatic rings. The monoisotopic (exact) mass is 964 g/mol. The van der Waals surface area contributed by atoms with Crippen LogP contribution in [0, 0.1) is 11.8 Å². The van der Waals surface area contributed by atoms with Crippen LogP contribution in [-0.2, 0) is 15.6 Å². The molecule has 0 bridgehead atoms. The predicted octanol–water partition coefficient (Wildman–Crippen LogP) is 13.0. The Kier molecular flexibility index (Phi) is 19.3. The van der Waals surface area contributed by atoms with Gasteiger partial charge in [0.2, 0.25) is 0 Å². The Morgan fingerprint density at radius 1 is 0.617 bits per heavy atom. The summed E-state index contributed by atoms with van der Waals surface area (Å²) in [6.07, 6.45) is 15.9. The molecule has 5 fully saturated rings. The first kappa shape index (κ1) is 47.2. The zero-order chi connectivity index (χ0) is 42.0. The van der Waals surface area contributed by atoms with Crippen molar-refractivity contribution in [3.05, 3.63) is 130 Å². The summed E-state index contributed by atoms with van der Waals surface area (Å²) in [6.45, 7) is 11.6. The number of nitrogens with zero attached hydrogens (tertiary/aromatic N) is 3. The molecule has 4 aromatic carbocycles. The summed E-state index contributed by atoms with van der Waals surface area (Å²) in [5, 5.41) is 5.31. The average Bonchev–Trinajstić information content (AvgIpc) is 3.87. The van der Waals surface area contributed by atoms with Gasteiger partial charge < -0.3 is 24.8 Å². The second-order valence-corrected chi connectivity index (χ2v) is 18.9. The molecule has 3 heterocycles. The lowest BCUT2D eigenvalue weighted by Crippen LogP contribution is -2.49. The molecule has 2 aliphatic carbocycles. The van der Waals surface area contributed by atoms with Gasteiger partial charge in [-0.3, -0.25) is 0 Å². The first-order chi connectivity index (χ1) is 29.4. The van der Waals surface area contributed by atoms with Crippen LogP contribution in [0.25, 0.3) is 0 Å². The summed E-state index contributed by atoms with van der Waals surface area (Å²) in [6, 6.07) is 38.6. The fraction of sp³-hybridized carbons (Fsp3) is 0.538. The summed E-state index contributed by atoms with van der Waals surface area (Å²) in [7, 11) is 2.23. The summed E-state index contributed by atoms with van der Waals surface area (Å²) in [4.78, 5) is 9.85. The number of nitrogens with one attached hydrogen (secondary N) is 1. The van der Waals surface area contributed by atoms with Crippen molar-refractivity contribution in [1.29, 1.82) is 0 Å². The van der Waals surface area contributed by atoms with Crippen LogP contribution in [-0.4, -0.2) is 87.3 Å². The number of hydrogen-bond acceptors (Lipinski definition) is 5. The highest BCUT2D eigenvalue weighted by atomic mass is 127. The van der Waals surface area contributed by atoms with Crippen LogP contribution in [0.3, 0.4) is 0 Å². The molecule has 3 aliphatic heterocycles. The van der Waals surface area contributed by atoms with Gasteiger partial charge in [0, 0.05) is 91.8 Å². The number of anilines is 2. The van der Waals surface area contributed by atoms with Gasteiger partial charge in [-0.1, -0.05) is 119 Å². The van der Waals surface area contributed by atoms with Crippen LogP contribution in [0.1, 0.15) is 88.2 Å². The van der Waals surface area contributed by atoms with Crippen molar-refractivity contribution in [2.24, 2.45) is 11.8 Å². The number of likely N-dealkylation sites (tertiary alicyclic amines) is 2. The molecular formula is C52H71Cl2IN4O. The molecule has 0 radical (unpaired) electrons. The largest absolute Gasteiger partial charge is 0.385 e. The molecule has 3 saturated heterocycles. The van der Waals surface area contributed by atoms with Crippen LogP contribution in [0.5, 0.6) is 0 Å². The SMILES string of the molecule is C1CCOC1.CI.CN(CC1CCCN(CC2(c3ccc(Cl)cc3)CCC2)C1)c1ccccc1.Clc1ccc(C2(CN3CCCC(CNc4ccccc4)C3)CCC2)cc1. The number of halogens is 3. The molecule has 60 heavy (non-hydrogen) atoms. The van der Waals surface area contributed by atoms with E-state index in [-0.39, 0.29) is 0 Å². The topological polar surface area (TPSA) is 31.0 Å². The maximum atomic E-state index is 6.12. The lowest BCUT2D eigenvalue weighted by Gasteiger charge is -2.47. The minimum absolute atomic E-state index is 0.359. The number of alkyl halides is 1. The molecule has 326 valence electrons. The second-order valence-electron chi connectivity index (χ2n) is 18.1. The number of hydrogen-bond donors (Lipinski definition) is 1. The molecule has 2 unspecified atom stereocenters. The van der Waals surface area contributed by atoms with Crippen molar-refractivity contribution < 1.29 is 4.74 Å². The van der Waals surface area contributed by atoms with Crippen molar-refractivity contribution >= 4 is 57.2 Å². The molecule has 8 heteroatoms. The fourth-order valence-corrected chi connectivity index (χ4v) is 10.4. The van der Waals surface area contributed by atoms with Crippen LogP contribution in [0.4, 0.5) is 11.4 Å². The van der Waals surface area contributed by atoms with E-state index in [2.05, 4.69) is 159 Å². The Bertz CT molecular complexity index is 1760. The minimum atomic E-state index is 0.359. The maximum Gasteiger partial charge on any atom is 0.0466 e. The smallest absolute Gasteiger partial charge is 0.0466 e. The van der Waals surface area contributed by atoms with Gasteiger partial charge in [-0.15, -0.1) is 0 Å². The molecular weight excluding hydrogens is 894 g/mol. The molecule has 1 N–H and O–H groups in total. The van der Waals surface area contributed by atoms with Crippen LogP contribution >= 0.6 is 45.8 Å². The van der Waals surface area contributed by atoms with Crippen LogP contribution in [0.2, 0.25) is 10.0 Å². The molecule has 0 amide bonds. The van der Waals surface area contributed by atoms with Crippen LogP contribution < -0.4 is 10.2 Å². The summed E-state index contributed by atoms with van der Waals surface area (Å²) < 4.78 is 4.94. The van der Waals surface area contributed by atoms with E-state index in [4.69, 9.17) is 27.9 Å². The van der Waals surface area contributed by atoms with Crippen molar-refractivity contribution in [1.82, 2.24) is 9.80 Å². The molecule has 0 spiro atoms. The molecule has 9 rings (SSSR count). The maximum absolute atomic E-state index is 6.12. The average molecular weight is 966 g/mol. The van der Waals surface area contributed by atoms with E-state index >= 15 is 0 Å². The fourth-order valence-electron chi connectivity index (χ4n) is 10.2. The predicted molar refractivity (Wildman–Crippen MR) is 267 cm³/mol. The lowest BCUT2D eigenvalue weighted by molar-refractivity contribution is 0.101. The number of piperidine rings is 2. The Morgan fingerprint density at radius 3 is 1.53 bits per heavy atom. The Balaban J connectivity index is 0.000000174. The van der Waals surface area contributed by atoms with Crippen molar-refractivity contribution in [2.45, 2.75) is 87.9 Å². The van der Waals surface area contributed by atoms with Crippen molar-refractivity contribution in [2.75, 3.05) is 87.8 Å². The van der Waals surface area contributed by atoms with Gasteiger partial charge in [0.05, 0.1) is 0 Å². The first-order valence-corrected chi connectivity index (χ1v) is 25.8. The number of benzene rings is 4. The standard InChI is InChI=1S/C24H31ClN2.C23H29ClN2.C4H8O.CH3I/c1-26(23-8-3-2-4-9-23)17-20-7-5-16-27(18-20)19-24(14-6-15-24)21-10-12-22(25)13-11-21;24-21-11-9-20(10-12-21)23(13-5-14-23)18-26-15-4-6-19(17-26)16-25-22-7-2-1-3-8-22;1-2-4-5-3-1;1-2/h2-4,8-13,20H,5-7,14-19H2,1H3;1-3,7-12,19,25H,4-6,13-18H2;1-4H2;1H3. The number of rotatable bonds is 12. The third-order valence-electron chi connectivity index (χ3n) is 13.7. The first-order valence-electron chi connectivity index (χ1n) is 22.9. The van der Waals surface area contributed by atoms with E-state index in [1.165, 1.54) is 139 Å². The quantitative estimate of drug-likeness (QED) is 0.113. The molecule has 2 saturated carbocycles. The van der Waals surface area contributed by atoms with E-state index in [0.29, 0.717) is 10.8 Å². The van der Waals surface area contributed by atoms with Gasteiger partial charge in [0.15, 0.2) is 0 Å². The molecule has 4 aromatic rings. The third kappa shape index (κ3) is 13.8. The zero-order valence-corrected chi connectivity index (χ0v) is 40.2. The highest BCUT2D eigenvalue weighted by Gasteiger charge is 2.42. The third-order valence-corrected chi connectivity index (χ3v) is 14.2. The molecule has 2 atom stereocenters. The number of para-hydroxylation sites is 2. The van der Waals surface area contributed by atoms with Crippen molar-refractivity contribution in [3.8, 4) is 0 Å². The van der Waals surface area contributed by atoms with Crippen molar-refractivity contribution in [3.63, 3.8) is 0 Å². The van der Waals surface area contributed by atoms with Gasteiger partial charge in [-0.2, -0.15) is 0 Å². The second kappa shape index (κ2) is 24.5. The summed E-state index contributed by atoms with van der Waals surface area (Å²) >= 11 is 14.4. The van der Waals surface area contributed by atoms with Gasteiger partial charge in [-0.25, -0.2) is 0 Å².